The van der Waals surface area contributed by atoms with Crippen molar-refractivity contribution in [2.45, 2.75) is 49.9 Å². The normalized spacial score (nSPS) is 23.1. The highest BCUT2D eigenvalue weighted by molar-refractivity contribution is 7.99. The maximum absolute atomic E-state index is 11.7. The van der Waals surface area contributed by atoms with Crippen molar-refractivity contribution in [3.63, 3.8) is 0 Å². The Morgan fingerprint density at radius 3 is 2.65 bits per heavy atom. The van der Waals surface area contributed by atoms with Crippen LogP contribution in [0.3, 0.4) is 0 Å². The Morgan fingerprint density at radius 2 is 2.10 bits per heavy atom. The monoisotopic (exact) mass is 303 g/mol. The van der Waals surface area contributed by atoms with Gasteiger partial charge in [-0.1, -0.05) is 6.92 Å². The van der Waals surface area contributed by atoms with Crippen molar-refractivity contribution in [2.24, 2.45) is 5.73 Å². The number of thioether (sulfide) groups is 1. The van der Waals surface area contributed by atoms with Crippen LogP contribution >= 0.6 is 11.8 Å². The van der Waals surface area contributed by atoms with Crippen molar-refractivity contribution in [1.29, 1.82) is 0 Å². The number of amides is 3. The van der Waals surface area contributed by atoms with E-state index in [0.717, 1.165) is 25.0 Å². The fraction of sp³-hybridized carbons (Fsp3) is 0.750. The molecule has 8 heteroatoms. The lowest BCUT2D eigenvalue weighted by atomic mass is 10.2. The van der Waals surface area contributed by atoms with Crippen molar-refractivity contribution < 1.29 is 19.5 Å². The standard InChI is InChI=1S/C12H21N3O4S/c1-2-20-8-4-3-7(5-8)14-12(19)15-9(11(17)18)6-10(13)16/h7-9H,2-6H2,1H3,(H2,13,16)(H,17,18)(H2,14,15,19). The number of carboxylic acid groups (broad SMARTS) is 1. The summed E-state index contributed by atoms with van der Waals surface area (Å²) in [5, 5.41) is 14.4. The predicted molar refractivity (Wildman–Crippen MR) is 76.5 cm³/mol. The first-order chi connectivity index (χ1) is 9.42. The number of urea groups is 1. The van der Waals surface area contributed by atoms with Crippen LogP contribution in [0.25, 0.3) is 0 Å². The van der Waals surface area contributed by atoms with E-state index in [9.17, 15) is 14.4 Å². The summed E-state index contributed by atoms with van der Waals surface area (Å²) in [5.74, 6) is -0.994. The lowest BCUT2D eigenvalue weighted by molar-refractivity contribution is -0.140. The number of rotatable bonds is 7. The molecule has 1 fully saturated rings. The minimum Gasteiger partial charge on any atom is -0.480 e. The van der Waals surface area contributed by atoms with E-state index in [1.807, 2.05) is 11.8 Å². The first-order valence-electron chi connectivity index (χ1n) is 6.62. The van der Waals surface area contributed by atoms with Gasteiger partial charge in [-0.15, -0.1) is 0 Å². The van der Waals surface area contributed by atoms with E-state index >= 15 is 0 Å². The average Bonchev–Trinajstić information content (AvgIpc) is 2.75. The van der Waals surface area contributed by atoms with E-state index in [2.05, 4.69) is 17.6 Å². The minimum atomic E-state index is -1.28. The van der Waals surface area contributed by atoms with Crippen LogP contribution < -0.4 is 16.4 Å². The largest absolute Gasteiger partial charge is 0.480 e. The molecule has 7 nitrogen and oxygen atoms in total. The molecule has 1 aliphatic rings. The summed E-state index contributed by atoms with van der Waals surface area (Å²) in [7, 11) is 0. The summed E-state index contributed by atoms with van der Waals surface area (Å²) in [6, 6.07) is -1.79. The summed E-state index contributed by atoms with van der Waals surface area (Å²) in [4.78, 5) is 33.3. The van der Waals surface area contributed by atoms with E-state index in [0.29, 0.717) is 5.25 Å². The van der Waals surface area contributed by atoms with Crippen LogP contribution in [-0.2, 0) is 9.59 Å². The van der Waals surface area contributed by atoms with Gasteiger partial charge in [0.15, 0.2) is 0 Å². The van der Waals surface area contributed by atoms with Crippen LogP contribution in [-0.4, -0.2) is 46.1 Å². The average molecular weight is 303 g/mol. The molecule has 3 atom stereocenters. The lowest BCUT2D eigenvalue weighted by Crippen LogP contribution is -2.49. The Hall–Kier alpha value is -1.44. The van der Waals surface area contributed by atoms with E-state index < -0.39 is 30.4 Å². The van der Waals surface area contributed by atoms with Crippen LogP contribution in [0.5, 0.6) is 0 Å². The number of primary amides is 1. The summed E-state index contributed by atoms with van der Waals surface area (Å²) in [6.45, 7) is 2.10. The Bertz CT molecular complexity index is 378. The molecule has 0 heterocycles. The first kappa shape index (κ1) is 16.6. The van der Waals surface area contributed by atoms with Crippen LogP contribution in [0.1, 0.15) is 32.6 Å². The quantitative estimate of drug-likeness (QED) is 0.538. The third-order valence-corrected chi connectivity index (χ3v) is 4.36. The first-order valence-corrected chi connectivity index (χ1v) is 7.67. The lowest BCUT2D eigenvalue weighted by Gasteiger charge is -2.17. The van der Waals surface area contributed by atoms with Crippen molar-refractivity contribution >= 4 is 29.7 Å². The van der Waals surface area contributed by atoms with Gasteiger partial charge in [0.2, 0.25) is 5.91 Å². The molecule has 1 rings (SSSR count). The molecule has 0 radical (unpaired) electrons. The number of carbonyl (C=O) groups is 3. The van der Waals surface area contributed by atoms with Crippen molar-refractivity contribution in [1.82, 2.24) is 10.6 Å². The fourth-order valence-electron chi connectivity index (χ4n) is 2.24. The molecular weight excluding hydrogens is 282 g/mol. The summed E-state index contributed by atoms with van der Waals surface area (Å²) < 4.78 is 0. The molecule has 20 heavy (non-hydrogen) atoms. The molecule has 0 aliphatic heterocycles. The molecule has 5 N–H and O–H groups in total. The number of carboxylic acids is 1. The molecule has 0 aromatic rings. The van der Waals surface area contributed by atoms with Crippen LogP contribution in [0, 0.1) is 0 Å². The van der Waals surface area contributed by atoms with Gasteiger partial charge in [0, 0.05) is 11.3 Å². The van der Waals surface area contributed by atoms with Gasteiger partial charge in [0.1, 0.15) is 6.04 Å². The fourth-order valence-corrected chi connectivity index (χ4v) is 3.39. The van der Waals surface area contributed by atoms with Gasteiger partial charge < -0.3 is 21.5 Å². The summed E-state index contributed by atoms with van der Waals surface area (Å²) in [5.41, 5.74) is 4.95. The third kappa shape index (κ3) is 5.68. The number of aliphatic carboxylic acids is 1. The molecule has 1 saturated carbocycles. The number of hydrogen-bond donors (Lipinski definition) is 4. The Labute approximate surface area is 122 Å². The van der Waals surface area contributed by atoms with Gasteiger partial charge in [-0.2, -0.15) is 11.8 Å². The van der Waals surface area contributed by atoms with Gasteiger partial charge in [0.25, 0.3) is 0 Å². The Kier molecular flexibility index (Phi) is 6.63. The predicted octanol–water partition coefficient (Wildman–Crippen LogP) is 0.288. The van der Waals surface area contributed by atoms with E-state index in [-0.39, 0.29) is 6.04 Å². The summed E-state index contributed by atoms with van der Waals surface area (Å²) >= 11 is 1.87. The highest BCUT2D eigenvalue weighted by Crippen LogP contribution is 2.29. The Morgan fingerprint density at radius 1 is 1.40 bits per heavy atom. The molecule has 114 valence electrons. The van der Waals surface area contributed by atoms with Crippen molar-refractivity contribution in [3.8, 4) is 0 Å². The second kappa shape index (κ2) is 7.98. The zero-order valence-corrected chi connectivity index (χ0v) is 12.2. The van der Waals surface area contributed by atoms with Gasteiger partial charge in [-0.3, -0.25) is 4.79 Å². The van der Waals surface area contributed by atoms with Crippen molar-refractivity contribution in [2.75, 3.05) is 5.75 Å². The van der Waals surface area contributed by atoms with Gasteiger partial charge >= 0.3 is 12.0 Å². The molecule has 0 aromatic carbocycles. The van der Waals surface area contributed by atoms with Gasteiger partial charge in [-0.05, 0) is 25.0 Å². The molecule has 1 aliphatic carbocycles. The molecule has 3 amide bonds. The highest BCUT2D eigenvalue weighted by atomic mass is 32.2. The number of hydrogen-bond acceptors (Lipinski definition) is 4. The minimum absolute atomic E-state index is 0.0575. The van der Waals surface area contributed by atoms with E-state index in [1.54, 1.807) is 0 Å². The maximum Gasteiger partial charge on any atom is 0.326 e. The SMILES string of the molecule is CCSC1CCC(NC(=O)NC(CC(N)=O)C(=O)O)C1. The van der Waals surface area contributed by atoms with Crippen LogP contribution in [0.15, 0.2) is 0 Å². The second-order valence-electron chi connectivity index (χ2n) is 4.77. The van der Waals surface area contributed by atoms with Gasteiger partial charge in [-0.25, -0.2) is 9.59 Å². The summed E-state index contributed by atoms with van der Waals surface area (Å²) in [6.07, 6.45) is 2.41. The molecular formula is C12H21N3O4S. The zero-order chi connectivity index (χ0) is 15.1. The highest BCUT2D eigenvalue weighted by Gasteiger charge is 2.27. The van der Waals surface area contributed by atoms with Crippen LogP contribution in [0.2, 0.25) is 0 Å². The smallest absolute Gasteiger partial charge is 0.326 e. The molecule has 0 saturated heterocycles. The number of carbonyl (C=O) groups excluding carboxylic acids is 2. The number of nitrogens with two attached hydrogens (primary N) is 1. The molecule has 3 unspecified atom stereocenters. The van der Waals surface area contributed by atoms with Crippen molar-refractivity contribution in [3.05, 3.63) is 0 Å². The van der Waals surface area contributed by atoms with Crippen LogP contribution in [0.4, 0.5) is 4.79 Å². The molecule has 0 aromatic heterocycles. The topological polar surface area (TPSA) is 122 Å². The van der Waals surface area contributed by atoms with E-state index in [4.69, 9.17) is 10.8 Å². The molecule has 0 bridgehead atoms. The second-order valence-corrected chi connectivity index (χ2v) is 6.34. The molecule has 0 spiro atoms. The number of nitrogens with one attached hydrogen (secondary N) is 2. The van der Waals surface area contributed by atoms with E-state index in [1.165, 1.54) is 0 Å². The third-order valence-electron chi connectivity index (χ3n) is 3.13. The Balaban J connectivity index is 2.38. The van der Waals surface area contributed by atoms with Gasteiger partial charge in [0.05, 0.1) is 6.42 Å². The maximum atomic E-state index is 11.7. The zero-order valence-electron chi connectivity index (χ0n) is 11.4.